The number of hydrogen-bond donors (Lipinski definition) is 0. The van der Waals surface area contributed by atoms with Crippen LogP contribution in [0.1, 0.15) is 46.9 Å². The van der Waals surface area contributed by atoms with Crippen molar-refractivity contribution in [3.8, 4) is 23.3 Å². The largest absolute Gasteiger partial charge is 0.494 e. The fourth-order valence-electron chi connectivity index (χ4n) is 4.17. The number of hydrogen-bond acceptors (Lipinski definition) is 5. The van der Waals surface area contributed by atoms with Crippen LogP contribution in [-0.2, 0) is 13.0 Å². The molecule has 1 aliphatic carbocycles. The predicted molar refractivity (Wildman–Crippen MR) is 123 cm³/mol. The van der Waals surface area contributed by atoms with Gasteiger partial charge in [-0.25, -0.2) is 9.07 Å². The Balaban J connectivity index is 1.43. The Morgan fingerprint density at radius 2 is 2.00 bits per heavy atom. The van der Waals surface area contributed by atoms with Crippen molar-refractivity contribution in [2.45, 2.75) is 32.7 Å². The topological polar surface area (TPSA) is 80.4 Å². The molecule has 0 atom stereocenters. The number of methoxy groups -OCH3 is 1. The number of nitriles is 1. The first-order valence-electron chi connectivity index (χ1n) is 11.3. The second-order valence-corrected chi connectivity index (χ2v) is 9.23. The Hall–Kier alpha value is -3.86. The van der Waals surface area contributed by atoms with Gasteiger partial charge in [-0.3, -0.25) is 4.79 Å². The molecule has 5 rings (SSSR count). The van der Waals surface area contributed by atoms with Gasteiger partial charge < -0.3 is 14.4 Å². The van der Waals surface area contributed by atoms with E-state index in [-0.39, 0.29) is 34.0 Å². The molecular formula is C26H25FN4O3. The molecule has 34 heavy (non-hydrogen) atoms. The van der Waals surface area contributed by atoms with Crippen molar-refractivity contribution >= 4 is 5.91 Å². The van der Waals surface area contributed by atoms with Crippen molar-refractivity contribution in [3.05, 3.63) is 70.8 Å². The van der Waals surface area contributed by atoms with Crippen LogP contribution < -0.4 is 9.47 Å². The average Bonchev–Trinajstić information content (AvgIpc) is 3.44. The van der Waals surface area contributed by atoms with Gasteiger partial charge in [0.2, 0.25) is 0 Å². The lowest BCUT2D eigenvalue weighted by Crippen LogP contribution is -2.36. The molecule has 0 bridgehead atoms. The van der Waals surface area contributed by atoms with Crippen LogP contribution in [0.15, 0.2) is 42.6 Å². The Bertz CT molecular complexity index is 1290. The van der Waals surface area contributed by atoms with Crippen molar-refractivity contribution in [1.29, 1.82) is 5.26 Å². The van der Waals surface area contributed by atoms with E-state index < -0.39 is 0 Å². The summed E-state index contributed by atoms with van der Waals surface area (Å²) >= 11 is 0. The van der Waals surface area contributed by atoms with E-state index in [1.807, 2.05) is 6.20 Å². The zero-order chi connectivity index (χ0) is 23.9. The minimum atomic E-state index is -0.306. The van der Waals surface area contributed by atoms with Crippen molar-refractivity contribution < 1.29 is 18.7 Å². The van der Waals surface area contributed by atoms with E-state index in [4.69, 9.17) is 9.47 Å². The third kappa shape index (κ3) is 4.10. The van der Waals surface area contributed by atoms with E-state index in [0.29, 0.717) is 31.9 Å². The summed E-state index contributed by atoms with van der Waals surface area (Å²) in [5, 5.41) is 14.2. The van der Waals surface area contributed by atoms with E-state index in [1.165, 1.54) is 19.2 Å². The lowest BCUT2D eigenvalue weighted by atomic mass is 10.0. The summed E-state index contributed by atoms with van der Waals surface area (Å²) in [6.45, 7) is 3.51. The molecular weight excluding hydrogens is 435 g/mol. The molecule has 174 valence electrons. The van der Waals surface area contributed by atoms with E-state index in [2.05, 4.69) is 18.1 Å². The number of carbonyl (C=O) groups excluding carboxylic acids is 1. The molecule has 1 saturated carbocycles. The van der Waals surface area contributed by atoms with Gasteiger partial charge in [0.1, 0.15) is 23.2 Å². The number of amides is 1. The van der Waals surface area contributed by atoms with Crippen molar-refractivity contribution in [2.24, 2.45) is 5.41 Å². The molecule has 1 amide bonds. The summed E-state index contributed by atoms with van der Waals surface area (Å²) in [4.78, 5) is 15.4. The summed E-state index contributed by atoms with van der Waals surface area (Å²) in [6, 6.07) is 11.5. The first kappa shape index (κ1) is 22.0. The molecule has 7 nitrogen and oxygen atoms in total. The molecule has 2 aromatic carbocycles. The highest BCUT2D eigenvalue weighted by Gasteiger charge is 2.39. The maximum absolute atomic E-state index is 13.7. The molecule has 1 aliphatic heterocycles. The minimum absolute atomic E-state index is 0.135. The number of carbonyl (C=O) groups is 1. The van der Waals surface area contributed by atoms with Gasteiger partial charge in [0.05, 0.1) is 30.7 Å². The molecule has 8 heteroatoms. The number of nitrogens with zero attached hydrogens (tertiary/aromatic N) is 4. The van der Waals surface area contributed by atoms with E-state index in [9.17, 15) is 14.4 Å². The number of aromatic nitrogens is 2. The van der Waals surface area contributed by atoms with Gasteiger partial charge in [-0.2, -0.15) is 10.4 Å². The maximum Gasteiger partial charge on any atom is 0.261 e. The molecule has 2 aliphatic rings. The molecule has 2 heterocycles. The van der Waals surface area contributed by atoms with Gasteiger partial charge in [-0.05, 0) is 49.2 Å². The number of halogens is 1. The summed E-state index contributed by atoms with van der Waals surface area (Å²) < 4.78 is 26.6. The highest BCUT2D eigenvalue weighted by Crippen LogP contribution is 2.46. The predicted octanol–water partition coefficient (Wildman–Crippen LogP) is 4.27. The fourth-order valence-corrected chi connectivity index (χ4v) is 4.17. The van der Waals surface area contributed by atoms with Gasteiger partial charge in [0.25, 0.3) is 5.91 Å². The number of fused-ring (bicyclic) bond motifs is 1. The number of ether oxygens (including phenoxy) is 2. The first-order chi connectivity index (χ1) is 16.4. The lowest BCUT2D eigenvalue weighted by molar-refractivity contribution is 0.0724. The van der Waals surface area contributed by atoms with Crippen LogP contribution in [0.5, 0.6) is 11.5 Å². The Kier molecular flexibility index (Phi) is 5.48. The SMILES string of the molecule is COc1c(C#N)ccc(OCC2(C)CC2)c1C(=O)N1CCc2nn(-c3ccc(F)cc3)cc2C1. The second-order valence-electron chi connectivity index (χ2n) is 9.23. The fraction of sp³-hybridized carbons (Fsp3) is 0.346. The zero-order valence-electron chi connectivity index (χ0n) is 19.2. The molecule has 0 spiro atoms. The quantitative estimate of drug-likeness (QED) is 0.549. The Morgan fingerprint density at radius 1 is 1.24 bits per heavy atom. The van der Waals surface area contributed by atoms with E-state index >= 15 is 0 Å². The molecule has 0 radical (unpaired) electrons. The summed E-state index contributed by atoms with van der Waals surface area (Å²) in [5.74, 6) is 0.116. The van der Waals surface area contributed by atoms with Crippen LogP contribution in [0.2, 0.25) is 0 Å². The van der Waals surface area contributed by atoms with Gasteiger partial charge in [-0.1, -0.05) is 6.92 Å². The van der Waals surface area contributed by atoms with Gasteiger partial charge in [-0.15, -0.1) is 0 Å². The van der Waals surface area contributed by atoms with Crippen LogP contribution >= 0.6 is 0 Å². The molecule has 1 aromatic heterocycles. The number of rotatable bonds is 6. The Morgan fingerprint density at radius 3 is 2.68 bits per heavy atom. The van der Waals surface area contributed by atoms with Crippen molar-refractivity contribution in [3.63, 3.8) is 0 Å². The highest BCUT2D eigenvalue weighted by atomic mass is 19.1. The standard InChI is InChI=1S/C26H25FN4O3/c1-26(10-11-26)16-34-22-8-3-17(13-28)24(33-2)23(22)25(32)30-12-9-21-18(14-30)15-31(29-21)20-6-4-19(27)5-7-20/h3-8,15H,9-12,14,16H2,1-2H3. The van der Waals surface area contributed by atoms with E-state index in [0.717, 1.165) is 29.8 Å². The van der Waals surface area contributed by atoms with Gasteiger partial charge in [0, 0.05) is 36.7 Å². The molecule has 0 saturated heterocycles. The summed E-state index contributed by atoms with van der Waals surface area (Å²) in [6.07, 6.45) is 4.65. The van der Waals surface area contributed by atoms with Crippen LogP contribution in [0.4, 0.5) is 4.39 Å². The molecule has 0 N–H and O–H groups in total. The third-order valence-corrected chi connectivity index (χ3v) is 6.57. The molecule has 0 unspecified atom stereocenters. The van der Waals surface area contributed by atoms with Crippen molar-refractivity contribution in [2.75, 3.05) is 20.3 Å². The van der Waals surface area contributed by atoms with Crippen LogP contribution in [0.25, 0.3) is 5.69 Å². The van der Waals surface area contributed by atoms with Crippen LogP contribution in [-0.4, -0.2) is 40.8 Å². The second kappa shape index (κ2) is 8.49. The normalized spacial score (nSPS) is 15.9. The van der Waals surface area contributed by atoms with Crippen molar-refractivity contribution in [1.82, 2.24) is 14.7 Å². The minimum Gasteiger partial charge on any atom is -0.494 e. The van der Waals surface area contributed by atoms with Gasteiger partial charge in [0.15, 0.2) is 5.75 Å². The number of benzene rings is 2. The average molecular weight is 461 g/mol. The zero-order valence-corrected chi connectivity index (χ0v) is 19.2. The van der Waals surface area contributed by atoms with Gasteiger partial charge >= 0.3 is 0 Å². The van der Waals surface area contributed by atoms with Crippen LogP contribution in [0.3, 0.4) is 0 Å². The van der Waals surface area contributed by atoms with E-state index in [1.54, 1.807) is 33.8 Å². The Labute approximate surface area is 197 Å². The smallest absolute Gasteiger partial charge is 0.261 e. The maximum atomic E-state index is 13.7. The molecule has 3 aromatic rings. The molecule has 1 fully saturated rings. The third-order valence-electron chi connectivity index (χ3n) is 6.57. The first-order valence-corrected chi connectivity index (χ1v) is 11.3. The summed E-state index contributed by atoms with van der Waals surface area (Å²) in [5.41, 5.74) is 3.28. The monoisotopic (exact) mass is 460 g/mol. The van der Waals surface area contributed by atoms with Crippen LogP contribution in [0, 0.1) is 22.6 Å². The highest BCUT2D eigenvalue weighted by molar-refractivity contribution is 6.00. The lowest BCUT2D eigenvalue weighted by Gasteiger charge is -2.28. The summed E-state index contributed by atoms with van der Waals surface area (Å²) in [7, 11) is 1.46.